The third-order valence-electron chi connectivity index (χ3n) is 2.22. The number of nitrogens with one attached hydrogen (secondary N) is 1. The molecular formula is C11H15ClFNO2S. The first-order valence-electron chi connectivity index (χ1n) is 5.35. The van der Waals surface area contributed by atoms with Crippen LogP contribution >= 0.6 is 11.6 Å². The molecule has 0 aliphatic carbocycles. The molecule has 3 nitrogen and oxygen atoms in total. The summed E-state index contributed by atoms with van der Waals surface area (Å²) < 4.78 is 38.6. The zero-order chi connectivity index (χ0) is 12.9. The Kier molecular flexibility index (Phi) is 5.36. The number of hydrogen-bond donors (Lipinski definition) is 1. The molecule has 0 radical (unpaired) electrons. The van der Waals surface area contributed by atoms with Gasteiger partial charge in [-0.15, -0.1) is 11.6 Å². The van der Waals surface area contributed by atoms with Gasteiger partial charge in [0.2, 0.25) is 10.0 Å². The molecule has 17 heavy (non-hydrogen) atoms. The topological polar surface area (TPSA) is 46.2 Å². The quantitative estimate of drug-likeness (QED) is 0.814. The Morgan fingerprint density at radius 3 is 2.47 bits per heavy atom. The Bertz CT molecular complexity index is 447. The van der Waals surface area contributed by atoms with Gasteiger partial charge in [-0.3, -0.25) is 0 Å². The lowest BCUT2D eigenvalue weighted by Gasteiger charge is -2.10. The molecule has 0 fully saturated rings. The molecule has 0 bridgehead atoms. The summed E-state index contributed by atoms with van der Waals surface area (Å²) in [6.45, 7) is 2.15. The number of sulfonamides is 1. The van der Waals surface area contributed by atoms with E-state index in [1.807, 2.05) is 6.92 Å². The minimum absolute atomic E-state index is 0.0410. The number of hydrogen-bond acceptors (Lipinski definition) is 2. The Balaban J connectivity index is 2.66. The lowest BCUT2D eigenvalue weighted by molar-refractivity contribution is 0.576. The van der Waals surface area contributed by atoms with Crippen molar-refractivity contribution in [1.29, 1.82) is 0 Å². The number of rotatable bonds is 6. The van der Waals surface area contributed by atoms with Gasteiger partial charge >= 0.3 is 0 Å². The van der Waals surface area contributed by atoms with E-state index in [1.165, 1.54) is 12.1 Å². The van der Waals surface area contributed by atoms with Crippen molar-refractivity contribution in [3.05, 3.63) is 30.1 Å². The molecule has 0 saturated carbocycles. The van der Waals surface area contributed by atoms with E-state index in [9.17, 15) is 12.8 Å². The molecule has 96 valence electrons. The van der Waals surface area contributed by atoms with Gasteiger partial charge in [0, 0.05) is 11.9 Å². The molecule has 0 heterocycles. The van der Waals surface area contributed by atoms with Gasteiger partial charge in [-0.25, -0.2) is 17.5 Å². The summed E-state index contributed by atoms with van der Waals surface area (Å²) in [5.41, 5.74) is 0. The Morgan fingerprint density at radius 2 is 1.94 bits per heavy atom. The van der Waals surface area contributed by atoms with Crippen LogP contribution in [0.2, 0.25) is 0 Å². The van der Waals surface area contributed by atoms with Crippen molar-refractivity contribution in [3.63, 3.8) is 0 Å². The van der Waals surface area contributed by atoms with Crippen molar-refractivity contribution < 1.29 is 12.8 Å². The molecule has 0 spiro atoms. The molecular weight excluding hydrogens is 265 g/mol. The molecule has 0 amide bonds. The standard InChI is InChI=1S/C11H15ClFNO2S/c1-2-3-9(12)8-14-17(15,16)11-6-4-10(13)5-7-11/h4-7,9,14H,2-3,8H2,1H3. The van der Waals surface area contributed by atoms with Gasteiger partial charge in [0.05, 0.1) is 4.90 Å². The summed E-state index contributed by atoms with van der Waals surface area (Å²) >= 11 is 5.91. The van der Waals surface area contributed by atoms with Crippen LogP contribution in [-0.4, -0.2) is 20.3 Å². The van der Waals surface area contributed by atoms with Crippen LogP contribution in [0.15, 0.2) is 29.2 Å². The molecule has 0 aliphatic rings. The lowest BCUT2D eigenvalue weighted by Crippen LogP contribution is -2.29. The molecule has 1 rings (SSSR count). The molecule has 1 N–H and O–H groups in total. The maximum absolute atomic E-state index is 12.7. The number of alkyl halides is 1. The van der Waals surface area contributed by atoms with Gasteiger partial charge in [0.15, 0.2) is 0 Å². The average molecular weight is 280 g/mol. The predicted molar refractivity (Wildman–Crippen MR) is 66.1 cm³/mol. The third-order valence-corrected chi connectivity index (χ3v) is 4.03. The smallest absolute Gasteiger partial charge is 0.210 e. The maximum atomic E-state index is 12.7. The summed E-state index contributed by atoms with van der Waals surface area (Å²) in [7, 11) is -3.59. The van der Waals surface area contributed by atoms with E-state index in [0.717, 1.165) is 25.0 Å². The molecule has 1 aromatic rings. The Labute approximate surface area is 106 Å². The van der Waals surface area contributed by atoms with Crippen molar-refractivity contribution in [2.75, 3.05) is 6.54 Å². The minimum Gasteiger partial charge on any atom is -0.210 e. The number of halogens is 2. The van der Waals surface area contributed by atoms with Crippen molar-refractivity contribution in [1.82, 2.24) is 4.72 Å². The largest absolute Gasteiger partial charge is 0.240 e. The van der Waals surface area contributed by atoms with Gasteiger partial charge in [0.25, 0.3) is 0 Å². The summed E-state index contributed by atoms with van der Waals surface area (Å²) in [4.78, 5) is 0.0410. The van der Waals surface area contributed by atoms with Crippen molar-refractivity contribution in [2.24, 2.45) is 0 Å². The fourth-order valence-corrected chi connectivity index (χ4v) is 2.78. The zero-order valence-corrected chi connectivity index (χ0v) is 11.1. The van der Waals surface area contributed by atoms with Gasteiger partial charge in [-0.1, -0.05) is 13.3 Å². The van der Waals surface area contributed by atoms with Gasteiger partial charge in [-0.2, -0.15) is 0 Å². The van der Waals surface area contributed by atoms with Gasteiger partial charge < -0.3 is 0 Å². The summed E-state index contributed by atoms with van der Waals surface area (Å²) in [5.74, 6) is -0.467. The average Bonchev–Trinajstić information content (AvgIpc) is 2.28. The van der Waals surface area contributed by atoms with E-state index in [1.54, 1.807) is 0 Å². The highest BCUT2D eigenvalue weighted by atomic mass is 35.5. The molecule has 0 saturated heterocycles. The van der Waals surface area contributed by atoms with Crippen LogP contribution in [0.5, 0.6) is 0 Å². The van der Waals surface area contributed by atoms with Crippen LogP contribution in [0.3, 0.4) is 0 Å². The Morgan fingerprint density at radius 1 is 1.35 bits per heavy atom. The monoisotopic (exact) mass is 279 g/mol. The van der Waals surface area contributed by atoms with Crippen LogP contribution in [0.1, 0.15) is 19.8 Å². The fraction of sp³-hybridized carbons (Fsp3) is 0.455. The van der Waals surface area contributed by atoms with E-state index in [4.69, 9.17) is 11.6 Å². The second-order valence-corrected chi connectivity index (χ2v) is 6.08. The first-order valence-corrected chi connectivity index (χ1v) is 7.27. The zero-order valence-electron chi connectivity index (χ0n) is 9.49. The molecule has 1 unspecified atom stereocenters. The lowest BCUT2D eigenvalue weighted by atomic mass is 10.2. The number of benzene rings is 1. The van der Waals surface area contributed by atoms with Crippen LogP contribution in [0, 0.1) is 5.82 Å². The van der Waals surface area contributed by atoms with E-state index < -0.39 is 15.8 Å². The van der Waals surface area contributed by atoms with Crippen LogP contribution in [0.4, 0.5) is 4.39 Å². The maximum Gasteiger partial charge on any atom is 0.240 e. The van der Waals surface area contributed by atoms with Crippen LogP contribution in [0.25, 0.3) is 0 Å². The van der Waals surface area contributed by atoms with E-state index in [-0.39, 0.29) is 16.8 Å². The molecule has 0 aliphatic heterocycles. The first-order chi connectivity index (χ1) is 7.95. The molecule has 0 aromatic heterocycles. The highest BCUT2D eigenvalue weighted by Gasteiger charge is 2.15. The second kappa shape index (κ2) is 6.33. The van der Waals surface area contributed by atoms with E-state index >= 15 is 0 Å². The second-order valence-electron chi connectivity index (χ2n) is 3.69. The normalized spacial score (nSPS) is 13.6. The van der Waals surface area contributed by atoms with Crippen LogP contribution < -0.4 is 4.72 Å². The van der Waals surface area contributed by atoms with Gasteiger partial charge in [0.1, 0.15) is 5.82 Å². The molecule has 1 aromatic carbocycles. The van der Waals surface area contributed by atoms with Crippen molar-refractivity contribution in [2.45, 2.75) is 30.0 Å². The minimum atomic E-state index is -3.59. The fourth-order valence-electron chi connectivity index (χ4n) is 1.31. The third kappa shape index (κ3) is 4.61. The molecule has 1 atom stereocenters. The summed E-state index contributed by atoms with van der Waals surface area (Å²) in [6.07, 6.45) is 1.64. The van der Waals surface area contributed by atoms with E-state index in [0.29, 0.717) is 0 Å². The van der Waals surface area contributed by atoms with Gasteiger partial charge in [-0.05, 0) is 30.7 Å². The Hall–Kier alpha value is -0.650. The first kappa shape index (κ1) is 14.4. The SMILES string of the molecule is CCCC(Cl)CNS(=O)(=O)c1ccc(F)cc1. The van der Waals surface area contributed by atoms with Crippen LogP contribution in [-0.2, 0) is 10.0 Å². The predicted octanol–water partition coefficient (Wildman–Crippen LogP) is 2.51. The summed E-state index contributed by atoms with van der Waals surface area (Å²) in [6, 6.07) is 4.67. The highest BCUT2D eigenvalue weighted by molar-refractivity contribution is 7.89. The summed E-state index contributed by atoms with van der Waals surface area (Å²) in [5, 5.41) is -0.227. The van der Waals surface area contributed by atoms with Crippen molar-refractivity contribution in [3.8, 4) is 0 Å². The molecule has 6 heteroatoms. The van der Waals surface area contributed by atoms with Crippen molar-refractivity contribution >= 4 is 21.6 Å². The highest BCUT2D eigenvalue weighted by Crippen LogP contribution is 2.11. The van der Waals surface area contributed by atoms with E-state index in [2.05, 4.69) is 4.72 Å².